The first kappa shape index (κ1) is 17.9. The van der Waals surface area contributed by atoms with Gasteiger partial charge in [0, 0.05) is 13.0 Å². The molecule has 0 aliphatic carbocycles. The largest absolute Gasteiger partial charge is 0.376 e. The summed E-state index contributed by atoms with van der Waals surface area (Å²) in [6.45, 7) is 9.25. The smallest absolute Gasteiger partial charge is 0.0645 e. The fourth-order valence-electron chi connectivity index (χ4n) is 1.72. The molecule has 4 heteroatoms. The zero-order chi connectivity index (χ0) is 14.8. The van der Waals surface area contributed by atoms with E-state index in [0.29, 0.717) is 26.1 Å². The molecule has 0 N–H and O–H groups in total. The van der Waals surface area contributed by atoms with Crippen molar-refractivity contribution >= 4 is 0 Å². The lowest BCUT2D eigenvalue weighted by atomic mass is 10.0. The Morgan fingerprint density at radius 1 is 0.789 bits per heavy atom. The predicted octanol–water partition coefficient (Wildman–Crippen LogP) is 3.57. The Labute approximate surface area is 117 Å². The Balaban J connectivity index is 3.78. The Morgan fingerprint density at radius 3 is 1.89 bits per heavy atom. The van der Waals surface area contributed by atoms with E-state index in [1.807, 2.05) is 27.7 Å². The van der Waals surface area contributed by atoms with Crippen LogP contribution in [0.5, 0.6) is 0 Å². The van der Waals surface area contributed by atoms with Crippen molar-refractivity contribution in [2.75, 3.05) is 13.2 Å². The molecule has 0 radical (unpaired) electrons. The highest BCUT2D eigenvalue weighted by Gasteiger charge is 2.20. The van der Waals surface area contributed by atoms with Crippen LogP contribution in [-0.2, 0) is 9.47 Å². The van der Waals surface area contributed by atoms with Crippen LogP contribution in [0, 0.1) is 22.7 Å². The molecule has 0 aromatic heterocycles. The number of hydrogen-bond acceptors (Lipinski definition) is 4. The van der Waals surface area contributed by atoms with Gasteiger partial charge >= 0.3 is 0 Å². The molecule has 0 fully saturated rings. The van der Waals surface area contributed by atoms with Gasteiger partial charge in [0.1, 0.15) is 0 Å². The van der Waals surface area contributed by atoms with E-state index in [1.54, 1.807) is 0 Å². The molecule has 0 aromatic rings. The maximum atomic E-state index is 8.57. The molecule has 0 aromatic carbocycles. The van der Waals surface area contributed by atoms with Gasteiger partial charge in [0.15, 0.2) is 0 Å². The van der Waals surface area contributed by atoms with Crippen molar-refractivity contribution in [2.45, 2.75) is 71.0 Å². The van der Waals surface area contributed by atoms with Crippen LogP contribution < -0.4 is 0 Å². The minimum Gasteiger partial charge on any atom is -0.376 e. The molecule has 0 atom stereocenters. The second kappa shape index (κ2) is 8.91. The molecule has 0 heterocycles. The highest BCUT2D eigenvalue weighted by Crippen LogP contribution is 2.20. The van der Waals surface area contributed by atoms with Crippen molar-refractivity contribution in [3.05, 3.63) is 0 Å². The quantitative estimate of drug-likeness (QED) is 0.567. The summed E-state index contributed by atoms with van der Waals surface area (Å²) in [6.07, 6.45) is 3.52. The molecule has 0 rings (SSSR count). The molecular weight excluding hydrogens is 240 g/mol. The van der Waals surface area contributed by atoms with E-state index in [2.05, 4.69) is 12.1 Å². The molecule has 0 bridgehead atoms. The second-order valence-electron chi connectivity index (χ2n) is 5.89. The van der Waals surface area contributed by atoms with Gasteiger partial charge in [0.05, 0.1) is 36.4 Å². The lowest BCUT2D eigenvalue weighted by Crippen LogP contribution is -2.28. The first-order valence-corrected chi connectivity index (χ1v) is 6.85. The maximum Gasteiger partial charge on any atom is 0.0645 e. The molecule has 0 saturated heterocycles. The van der Waals surface area contributed by atoms with Gasteiger partial charge in [-0.2, -0.15) is 10.5 Å². The van der Waals surface area contributed by atoms with E-state index < -0.39 is 0 Å². The molecular formula is C15H26N2O2. The molecule has 0 saturated carbocycles. The number of hydrogen-bond donors (Lipinski definition) is 0. The van der Waals surface area contributed by atoms with Crippen LogP contribution >= 0.6 is 0 Å². The standard InChI is InChI=1S/C15H26N2O2/c1-14(2,8-5-10-16)18-12-6-9-15(3,4)19-13-7-11-17/h5-9,12-13H2,1-4H3. The van der Waals surface area contributed by atoms with E-state index in [-0.39, 0.29) is 11.2 Å². The summed E-state index contributed by atoms with van der Waals surface area (Å²) in [5.74, 6) is 0. The average molecular weight is 266 g/mol. The Kier molecular flexibility index (Phi) is 8.39. The van der Waals surface area contributed by atoms with Gasteiger partial charge in [0.25, 0.3) is 0 Å². The molecule has 19 heavy (non-hydrogen) atoms. The zero-order valence-electron chi connectivity index (χ0n) is 12.7. The summed E-state index contributed by atoms with van der Waals surface area (Å²) in [4.78, 5) is 0. The highest BCUT2D eigenvalue weighted by molar-refractivity contribution is 4.78. The van der Waals surface area contributed by atoms with Crippen molar-refractivity contribution < 1.29 is 9.47 Å². The zero-order valence-corrected chi connectivity index (χ0v) is 12.7. The third kappa shape index (κ3) is 10.5. The topological polar surface area (TPSA) is 66.0 Å². The van der Waals surface area contributed by atoms with E-state index in [1.165, 1.54) is 0 Å². The van der Waals surface area contributed by atoms with Crippen LogP contribution in [0.2, 0.25) is 0 Å². The van der Waals surface area contributed by atoms with Crippen molar-refractivity contribution in [2.24, 2.45) is 0 Å². The Hall–Kier alpha value is -1.10. The molecule has 0 unspecified atom stereocenters. The minimum absolute atomic E-state index is 0.211. The van der Waals surface area contributed by atoms with Gasteiger partial charge in [0.2, 0.25) is 0 Å². The number of nitrogens with zero attached hydrogens (tertiary/aromatic N) is 2. The van der Waals surface area contributed by atoms with Crippen molar-refractivity contribution in [1.82, 2.24) is 0 Å². The first-order valence-electron chi connectivity index (χ1n) is 6.85. The third-order valence-electron chi connectivity index (χ3n) is 2.96. The van der Waals surface area contributed by atoms with E-state index in [0.717, 1.165) is 19.3 Å². The lowest BCUT2D eigenvalue weighted by Gasteiger charge is -2.27. The summed E-state index contributed by atoms with van der Waals surface area (Å²) in [5, 5.41) is 17.0. The average Bonchev–Trinajstić information content (AvgIpc) is 2.33. The summed E-state index contributed by atoms with van der Waals surface area (Å²) >= 11 is 0. The SMILES string of the molecule is CC(C)(CCC#N)OCCCC(C)(C)OCCC#N. The third-order valence-corrected chi connectivity index (χ3v) is 2.96. The summed E-state index contributed by atoms with van der Waals surface area (Å²) in [6, 6.07) is 4.21. The summed E-state index contributed by atoms with van der Waals surface area (Å²) < 4.78 is 11.4. The maximum absolute atomic E-state index is 8.57. The van der Waals surface area contributed by atoms with Crippen LogP contribution in [0.15, 0.2) is 0 Å². The van der Waals surface area contributed by atoms with Crippen LogP contribution in [0.1, 0.15) is 59.8 Å². The van der Waals surface area contributed by atoms with Gasteiger partial charge in [-0.15, -0.1) is 0 Å². The van der Waals surface area contributed by atoms with Gasteiger partial charge in [-0.1, -0.05) is 0 Å². The number of ether oxygens (including phenoxy) is 2. The minimum atomic E-state index is -0.235. The number of rotatable bonds is 10. The lowest BCUT2D eigenvalue weighted by molar-refractivity contribution is -0.0489. The molecule has 0 amide bonds. The van der Waals surface area contributed by atoms with E-state index in [9.17, 15) is 0 Å². The Bertz CT molecular complexity index is 324. The molecule has 4 nitrogen and oxygen atoms in total. The molecule has 0 spiro atoms. The van der Waals surface area contributed by atoms with Crippen molar-refractivity contribution in [3.8, 4) is 12.1 Å². The van der Waals surface area contributed by atoms with Crippen LogP contribution in [0.3, 0.4) is 0 Å². The van der Waals surface area contributed by atoms with Crippen LogP contribution in [0.25, 0.3) is 0 Å². The van der Waals surface area contributed by atoms with E-state index in [4.69, 9.17) is 20.0 Å². The number of nitriles is 2. The van der Waals surface area contributed by atoms with Gasteiger partial charge in [-0.3, -0.25) is 0 Å². The summed E-state index contributed by atoms with van der Waals surface area (Å²) in [7, 11) is 0. The first-order chi connectivity index (χ1) is 8.83. The van der Waals surface area contributed by atoms with Crippen LogP contribution in [-0.4, -0.2) is 24.4 Å². The van der Waals surface area contributed by atoms with Gasteiger partial charge < -0.3 is 9.47 Å². The molecule has 0 aliphatic heterocycles. The normalized spacial score (nSPS) is 11.9. The van der Waals surface area contributed by atoms with E-state index >= 15 is 0 Å². The molecule has 0 aliphatic rings. The molecule has 108 valence electrons. The van der Waals surface area contributed by atoms with Gasteiger partial charge in [-0.25, -0.2) is 0 Å². The fraction of sp³-hybridized carbons (Fsp3) is 0.867. The van der Waals surface area contributed by atoms with Crippen molar-refractivity contribution in [3.63, 3.8) is 0 Å². The second-order valence-corrected chi connectivity index (χ2v) is 5.89. The predicted molar refractivity (Wildman–Crippen MR) is 74.4 cm³/mol. The summed E-state index contributed by atoms with van der Waals surface area (Å²) in [5.41, 5.74) is -0.446. The highest BCUT2D eigenvalue weighted by atomic mass is 16.5. The van der Waals surface area contributed by atoms with Gasteiger partial charge in [-0.05, 0) is 47.0 Å². The monoisotopic (exact) mass is 266 g/mol. The fourth-order valence-corrected chi connectivity index (χ4v) is 1.72. The Morgan fingerprint density at radius 2 is 1.32 bits per heavy atom. The van der Waals surface area contributed by atoms with Crippen molar-refractivity contribution in [1.29, 1.82) is 10.5 Å². The van der Waals surface area contributed by atoms with Crippen LogP contribution in [0.4, 0.5) is 0 Å².